The summed E-state index contributed by atoms with van der Waals surface area (Å²) in [5.74, 6) is 0.196. The molecule has 1 rings (SSSR count). The minimum absolute atomic E-state index is 0.204. The fourth-order valence-corrected chi connectivity index (χ4v) is 4.26. The van der Waals surface area contributed by atoms with Gasteiger partial charge in [0, 0.05) is 12.6 Å². The summed E-state index contributed by atoms with van der Waals surface area (Å²) in [4.78, 5) is 41.9. The monoisotopic (exact) mass is 521 g/mol. The number of hydrogen-bond acceptors (Lipinski definition) is 5. The molecule has 36 heavy (non-hydrogen) atoms. The molecule has 8 heteroatoms. The molecule has 0 saturated carbocycles. The van der Waals surface area contributed by atoms with Crippen molar-refractivity contribution in [3.05, 3.63) is 35.4 Å². The van der Waals surface area contributed by atoms with Gasteiger partial charge in [-0.25, -0.2) is 4.79 Å². The fraction of sp³-hybridized carbons (Fsp3) is 0.679. The van der Waals surface area contributed by atoms with Crippen molar-refractivity contribution in [2.45, 2.75) is 104 Å². The van der Waals surface area contributed by atoms with Crippen LogP contribution in [0.3, 0.4) is 0 Å². The first-order valence-electron chi connectivity index (χ1n) is 13.1. The van der Waals surface area contributed by atoms with E-state index in [1.54, 1.807) is 37.4 Å². The Balaban J connectivity index is 3.40. The predicted octanol–water partition coefficient (Wildman–Crippen LogP) is 5.62. The highest BCUT2D eigenvalue weighted by molar-refractivity contribution is 7.98. The molecule has 0 aromatic heterocycles. The quantitative estimate of drug-likeness (QED) is 0.311. The number of nitrogens with one attached hydrogen (secondary N) is 2. The Bertz CT molecular complexity index is 823. The van der Waals surface area contributed by atoms with Crippen molar-refractivity contribution < 1.29 is 19.1 Å². The van der Waals surface area contributed by atoms with Gasteiger partial charge >= 0.3 is 6.09 Å². The number of aryl methyl sites for hydroxylation is 1. The van der Waals surface area contributed by atoms with Crippen molar-refractivity contribution in [2.75, 3.05) is 18.6 Å². The number of rotatable bonds is 14. The van der Waals surface area contributed by atoms with Gasteiger partial charge in [0.15, 0.2) is 0 Å². The molecule has 0 saturated heterocycles. The summed E-state index contributed by atoms with van der Waals surface area (Å²) < 4.78 is 5.44. The molecule has 1 aromatic rings. The van der Waals surface area contributed by atoms with E-state index in [1.165, 1.54) is 0 Å². The molecular formula is C28H47N3O4S. The van der Waals surface area contributed by atoms with Crippen molar-refractivity contribution >= 4 is 29.7 Å². The lowest BCUT2D eigenvalue weighted by molar-refractivity contribution is -0.145. The lowest BCUT2D eigenvalue weighted by Gasteiger charge is -2.38. The topological polar surface area (TPSA) is 87.7 Å². The summed E-state index contributed by atoms with van der Waals surface area (Å²) in [6, 6.07) is 5.90. The van der Waals surface area contributed by atoms with Gasteiger partial charge in [-0.15, -0.1) is 0 Å². The normalized spacial score (nSPS) is 13.9. The van der Waals surface area contributed by atoms with Gasteiger partial charge in [0.05, 0.1) is 0 Å². The average Bonchev–Trinajstić information content (AvgIpc) is 2.81. The number of hydrogen-bond donors (Lipinski definition) is 2. The molecule has 0 spiro atoms. The maximum atomic E-state index is 14.1. The van der Waals surface area contributed by atoms with Gasteiger partial charge in [0.25, 0.3) is 0 Å². The number of ether oxygens (including phenoxy) is 1. The van der Waals surface area contributed by atoms with Gasteiger partial charge in [-0.05, 0) is 71.5 Å². The second kappa shape index (κ2) is 15.8. The zero-order chi connectivity index (χ0) is 27.3. The molecule has 2 N–H and O–H groups in total. The summed E-state index contributed by atoms with van der Waals surface area (Å²) in [6.45, 7) is 14.0. The Morgan fingerprint density at radius 3 is 2.25 bits per heavy atom. The lowest BCUT2D eigenvalue weighted by Crippen LogP contribution is -2.55. The zero-order valence-electron chi connectivity index (χ0n) is 23.5. The lowest BCUT2D eigenvalue weighted by atomic mass is 9.98. The summed E-state index contributed by atoms with van der Waals surface area (Å²) in [5, 5.41) is 5.83. The second-order valence-electron chi connectivity index (χ2n) is 10.3. The van der Waals surface area contributed by atoms with E-state index in [2.05, 4.69) is 17.6 Å². The third kappa shape index (κ3) is 10.8. The molecule has 0 radical (unpaired) electrons. The standard InChI is InChI=1S/C28H47N3O4S/c1-9-11-12-18-29-25(32)24(22-15-13-20(3)14-16-22)31(21(4)10-2)26(33)23(17-19-36-8)30-27(34)35-28(5,6)7/h13-16,21,23-24H,9-12,17-19H2,1-8H3,(H,29,32)(H,30,34). The Morgan fingerprint density at radius 1 is 1.08 bits per heavy atom. The SMILES string of the molecule is CCCCCNC(=O)C(c1ccc(C)cc1)N(C(=O)C(CCSC)NC(=O)OC(C)(C)C)C(C)CC. The van der Waals surface area contributed by atoms with Crippen LogP contribution in [0.5, 0.6) is 0 Å². The van der Waals surface area contributed by atoms with Crippen LogP contribution in [-0.2, 0) is 14.3 Å². The van der Waals surface area contributed by atoms with E-state index in [4.69, 9.17) is 4.74 Å². The van der Waals surface area contributed by atoms with Gasteiger partial charge in [0.1, 0.15) is 17.7 Å². The predicted molar refractivity (Wildman–Crippen MR) is 149 cm³/mol. The maximum Gasteiger partial charge on any atom is 0.408 e. The molecule has 3 amide bonds. The van der Waals surface area contributed by atoms with Crippen LogP contribution < -0.4 is 10.6 Å². The minimum Gasteiger partial charge on any atom is -0.444 e. The summed E-state index contributed by atoms with van der Waals surface area (Å²) >= 11 is 1.60. The summed E-state index contributed by atoms with van der Waals surface area (Å²) in [7, 11) is 0. The molecule has 3 atom stereocenters. The number of alkyl carbamates (subject to hydrolysis) is 1. The third-order valence-electron chi connectivity index (χ3n) is 5.92. The fourth-order valence-electron chi connectivity index (χ4n) is 3.79. The molecule has 0 fully saturated rings. The van der Waals surface area contributed by atoms with Crippen molar-refractivity contribution in [2.24, 2.45) is 0 Å². The Kier molecular flexibility index (Phi) is 14.0. The summed E-state index contributed by atoms with van der Waals surface area (Å²) in [6.07, 6.45) is 5.39. The van der Waals surface area contributed by atoms with Crippen molar-refractivity contribution in [3.63, 3.8) is 0 Å². The molecule has 7 nitrogen and oxygen atoms in total. The van der Waals surface area contributed by atoms with Gasteiger partial charge < -0.3 is 20.3 Å². The van der Waals surface area contributed by atoms with Crippen LogP contribution in [0.2, 0.25) is 0 Å². The number of nitrogens with zero attached hydrogens (tertiary/aromatic N) is 1. The number of carbonyl (C=O) groups excluding carboxylic acids is 3. The van der Waals surface area contributed by atoms with Crippen molar-refractivity contribution in [1.82, 2.24) is 15.5 Å². The Hall–Kier alpha value is -2.22. The smallest absolute Gasteiger partial charge is 0.408 e. The number of thioether (sulfide) groups is 1. The molecule has 0 aliphatic rings. The molecular weight excluding hydrogens is 474 g/mol. The second-order valence-corrected chi connectivity index (χ2v) is 11.3. The van der Waals surface area contributed by atoms with E-state index in [0.717, 1.165) is 30.4 Å². The first kappa shape index (κ1) is 31.8. The van der Waals surface area contributed by atoms with Crippen LogP contribution >= 0.6 is 11.8 Å². The van der Waals surface area contributed by atoms with E-state index in [-0.39, 0.29) is 17.9 Å². The van der Waals surface area contributed by atoms with Crippen LogP contribution in [0.25, 0.3) is 0 Å². The first-order valence-corrected chi connectivity index (χ1v) is 14.5. The Labute approximate surface area is 222 Å². The molecule has 0 aliphatic carbocycles. The van der Waals surface area contributed by atoms with E-state index >= 15 is 0 Å². The molecule has 1 aromatic carbocycles. The highest BCUT2D eigenvalue weighted by atomic mass is 32.2. The van der Waals surface area contributed by atoms with Crippen LogP contribution in [0.15, 0.2) is 24.3 Å². The number of benzene rings is 1. The molecule has 0 aliphatic heterocycles. The highest BCUT2D eigenvalue weighted by Crippen LogP contribution is 2.27. The van der Waals surface area contributed by atoms with Crippen LogP contribution in [0.4, 0.5) is 4.79 Å². The number of carbonyl (C=O) groups is 3. The third-order valence-corrected chi connectivity index (χ3v) is 6.56. The van der Waals surface area contributed by atoms with Gasteiger partial charge in [-0.1, -0.05) is 56.5 Å². The van der Waals surface area contributed by atoms with E-state index in [9.17, 15) is 14.4 Å². The molecule has 0 heterocycles. The number of unbranched alkanes of at least 4 members (excludes halogenated alkanes) is 2. The molecule has 3 unspecified atom stereocenters. The van der Waals surface area contributed by atoms with Gasteiger partial charge in [0.2, 0.25) is 11.8 Å². The van der Waals surface area contributed by atoms with Gasteiger partial charge in [-0.2, -0.15) is 11.8 Å². The average molecular weight is 522 g/mol. The summed E-state index contributed by atoms with van der Waals surface area (Å²) in [5.41, 5.74) is 1.14. The highest BCUT2D eigenvalue weighted by Gasteiger charge is 2.38. The number of amides is 3. The largest absolute Gasteiger partial charge is 0.444 e. The first-order chi connectivity index (χ1) is 16.9. The Morgan fingerprint density at radius 2 is 1.72 bits per heavy atom. The van der Waals surface area contributed by atoms with Crippen molar-refractivity contribution in [1.29, 1.82) is 0 Å². The van der Waals surface area contributed by atoms with E-state index in [1.807, 2.05) is 51.3 Å². The van der Waals surface area contributed by atoms with E-state index < -0.39 is 23.8 Å². The van der Waals surface area contributed by atoms with E-state index in [0.29, 0.717) is 25.1 Å². The van der Waals surface area contributed by atoms with Crippen LogP contribution in [-0.4, -0.2) is 59.0 Å². The minimum atomic E-state index is -0.804. The van der Waals surface area contributed by atoms with Crippen LogP contribution in [0, 0.1) is 6.92 Å². The van der Waals surface area contributed by atoms with Crippen LogP contribution in [0.1, 0.15) is 90.8 Å². The zero-order valence-corrected chi connectivity index (χ0v) is 24.3. The van der Waals surface area contributed by atoms with Gasteiger partial charge in [-0.3, -0.25) is 9.59 Å². The van der Waals surface area contributed by atoms with Crippen molar-refractivity contribution in [3.8, 4) is 0 Å². The molecule has 0 bridgehead atoms. The maximum absolute atomic E-state index is 14.1. The molecule has 204 valence electrons.